The maximum atomic E-state index is 6.20. The van der Waals surface area contributed by atoms with E-state index < -0.39 is 0 Å². The molecule has 1 atom stereocenters. The van der Waals surface area contributed by atoms with Crippen LogP contribution in [0.4, 0.5) is 0 Å². The van der Waals surface area contributed by atoms with E-state index in [0.717, 1.165) is 46.1 Å². The number of aromatic nitrogens is 1. The van der Waals surface area contributed by atoms with Crippen LogP contribution in [0.1, 0.15) is 54.3 Å². The van der Waals surface area contributed by atoms with E-state index in [9.17, 15) is 0 Å². The molecule has 1 aromatic heterocycles. The molecular formula is C20H27ClN2O. The standard InChI is InChI=1S/C20H27ClN2O/c1-7-8-22-16(6)18-11-14(4)23-20(15(18)5)24-19-12(2)9-17(21)10-13(19)3/h9-11,16,22H,7-8H2,1-6H3. The number of hydrogen-bond acceptors (Lipinski definition) is 3. The summed E-state index contributed by atoms with van der Waals surface area (Å²) in [5.74, 6) is 1.50. The van der Waals surface area contributed by atoms with Crippen molar-refractivity contribution in [3.05, 3.63) is 51.2 Å². The van der Waals surface area contributed by atoms with Gasteiger partial charge < -0.3 is 10.1 Å². The zero-order valence-electron chi connectivity index (χ0n) is 15.5. The number of nitrogens with one attached hydrogen (secondary N) is 1. The molecule has 1 aromatic carbocycles. The van der Waals surface area contributed by atoms with Crippen molar-refractivity contribution < 1.29 is 4.74 Å². The molecule has 0 fully saturated rings. The van der Waals surface area contributed by atoms with Gasteiger partial charge in [0.05, 0.1) is 0 Å². The highest BCUT2D eigenvalue weighted by Crippen LogP contribution is 2.34. The van der Waals surface area contributed by atoms with Crippen LogP contribution in [-0.4, -0.2) is 11.5 Å². The Morgan fingerprint density at radius 3 is 2.33 bits per heavy atom. The second-order valence-electron chi connectivity index (χ2n) is 6.43. The molecule has 4 heteroatoms. The maximum Gasteiger partial charge on any atom is 0.222 e. The van der Waals surface area contributed by atoms with Crippen molar-refractivity contribution in [2.45, 2.75) is 54.0 Å². The van der Waals surface area contributed by atoms with E-state index in [4.69, 9.17) is 16.3 Å². The zero-order valence-corrected chi connectivity index (χ0v) is 16.2. The lowest BCUT2D eigenvalue weighted by molar-refractivity contribution is 0.447. The molecule has 1 unspecified atom stereocenters. The minimum atomic E-state index is 0.265. The van der Waals surface area contributed by atoms with Gasteiger partial charge in [-0.3, -0.25) is 0 Å². The fourth-order valence-corrected chi connectivity index (χ4v) is 3.24. The molecule has 0 amide bonds. The molecule has 2 rings (SSSR count). The molecule has 0 radical (unpaired) electrons. The van der Waals surface area contributed by atoms with Crippen LogP contribution in [0.25, 0.3) is 0 Å². The molecule has 0 spiro atoms. The van der Waals surface area contributed by atoms with Gasteiger partial charge in [-0.05, 0) is 82.5 Å². The molecule has 0 aliphatic heterocycles. The molecule has 0 saturated heterocycles. The summed E-state index contributed by atoms with van der Waals surface area (Å²) >= 11 is 6.12. The van der Waals surface area contributed by atoms with Gasteiger partial charge in [-0.1, -0.05) is 18.5 Å². The molecule has 1 heterocycles. The van der Waals surface area contributed by atoms with Crippen LogP contribution in [-0.2, 0) is 0 Å². The first-order chi connectivity index (χ1) is 11.3. The number of pyridine rings is 1. The number of ether oxygens (including phenoxy) is 1. The van der Waals surface area contributed by atoms with Crippen LogP contribution < -0.4 is 10.1 Å². The molecule has 1 N–H and O–H groups in total. The first kappa shape index (κ1) is 18.8. The van der Waals surface area contributed by atoms with Gasteiger partial charge in [0, 0.05) is 22.3 Å². The Balaban J connectivity index is 2.40. The molecule has 0 saturated carbocycles. The van der Waals surface area contributed by atoms with Crippen LogP contribution in [0.15, 0.2) is 18.2 Å². The summed E-state index contributed by atoms with van der Waals surface area (Å²) in [6, 6.07) is 6.24. The summed E-state index contributed by atoms with van der Waals surface area (Å²) < 4.78 is 6.20. The van der Waals surface area contributed by atoms with Crippen LogP contribution in [0.5, 0.6) is 11.6 Å². The summed E-state index contributed by atoms with van der Waals surface area (Å²) in [5.41, 5.74) is 5.29. The zero-order chi connectivity index (χ0) is 17.9. The molecular weight excluding hydrogens is 320 g/mol. The molecule has 2 aromatic rings. The van der Waals surface area contributed by atoms with E-state index >= 15 is 0 Å². The number of hydrogen-bond donors (Lipinski definition) is 1. The Morgan fingerprint density at radius 1 is 1.12 bits per heavy atom. The van der Waals surface area contributed by atoms with E-state index in [1.165, 1.54) is 5.56 Å². The Morgan fingerprint density at radius 2 is 1.75 bits per heavy atom. The number of rotatable bonds is 6. The van der Waals surface area contributed by atoms with Gasteiger partial charge >= 0.3 is 0 Å². The van der Waals surface area contributed by atoms with E-state index in [1.54, 1.807) is 0 Å². The molecule has 3 nitrogen and oxygen atoms in total. The van der Waals surface area contributed by atoms with Gasteiger partial charge in [0.25, 0.3) is 0 Å². The largest absolute Gasteiger partial charge is 0.438 e. The van der Waals surface area contributed by atoms with Crippen molar-refractivity contribution in [1.82, 2.24) is 10.3 Å². The number of benzene rings is 1. The topological polar surface area (TPSA) is 34.2 Å². The first-order valence-corrected chi connectivity index (χ1v) is 8.87. The molecule has 24 heavy (non-hydrogen) atoms. The molecule has 0 aliphatic rings. The lowest BCUT2D eigenvalue weighted by Gasteiger charge is -2.20. The minimum absolute atomic E-state index is 0.265. The summed E-state index contributed by atoms with van der Waals surface area (Å²) in [5, 5.41) is 4.26. The van der Waals surface area contributed by atoms with Gasteiger partial charge in [0.2, 0.25) is 5.88 Å². The van der Waals surface area contributed by atoms with E-state index in [-0.39, 0.29) is 6.04 Å². The smallest absolute Gasteiger partial charge is 0.222 e. The normalized spacial score (nSPS) is 12.3. The highest BCUT2D eigenvalue weighted by atomic mass is 35.5. The van der Waals surface area contributed by atoms with Gasteiger partial charge in [-0.2, -0.15) is 0 Å². The summed E-state index contributed by atoms with van der Waals surface area (Å²) in [4.78, 5) is 4.61. The highest BCUT2D eigenvalue weighted by molar-refractivity contribution is 6.30. The fraction of sp³-hybridized carbons (Fsp3) is 0.450. The van der Waals surface area contributed by atoms with Gasteiger partial charge in [0.1, 0.15) is 5.75 Å². The third kappa shape index (κ3) is 4.28. The van der Waals surface area contributed by atoms with Crippen LogP contribution in [0.3, 0.4) is 0 Å². The first-order valence-electron chi connectivity index (χ1n) is 8.49. The van der Waals surface area contributed by atoms with E-state index in [0.29, 0.717) is 5.88 Å². The second-order valence-corrected chi connectivity index (χ2v) is 6.87. The monoisotopic (exact) mass is 346 g/mol. The lowest BCUT2D eigenvalue weighted by Crippen LogP contribution is -2.20. The number of aryl methyl sites for hydroxylation is 3. The Hall–Kier alpha value is -1.58. The summed E-state index contributed by atoms with van der Waals surface area (Å²) in [6.07, 6.45) is 1.11. The van der Waals surface area contributed by atoms with Crippen molar-refractivity contribution in [2.75, 3.05) is 6.54 Å². The number of halogens is 1. The van der Waals surface area contributed by atoms with Crippen molar-refractivity contribution in [1.29, 1.82) is 0 Å². The van der Waals surface area contributed by atoms with Crippen molar-refractivity contribution in [3.8, 4) is 11.6 Å². The Labute approximate surface area is 150 Å². The summed E-state index contributed by atoms with van der Waals surface area (Å²) in [6.45, 7) is 13.4. The molecule has 0 aliphatic carbocycles. The third-order valence-corrected chi connectivity index (χ3v) is 4.41. The Bertz CT molecular complexity index is 705. The van der Waals surface area contributed by atoms with Gasteiger partial charge in [-0.25, -0.2) is 4.98 Å². The molecule has 0 bridgehead atoms. The van der Waals surface area contributed by atoms with Crippen molar-refractivity contribution >= 4 is 11.6 Å². The fourth-order valence-electron chi connectivity index (χ4n) is 2.91. The summed E-state index contributed by atoms with van der Waals surface area (Å²) in [7, 11) is 0. The Kier molecular flexibility index (Phi) is 6.25. The minimum Gasteiger partial charge on any atom is -0.438 e. The van der Waals surface area contributed by atoms with E-state index in [2.05, 4.69) is 37.1 Å². The van der Waals surface area contributed by atoms with Crippen LogP contribution in [0.2, 0.25) is 5.02 Å². The average Bonchev–Trinajstić information content (AvgIpc) is 2.51. The van der Waals surface area contributed by atoms with Gasteiger partial charge in [0.15, 0.2) is 0 Å². The highest BCUT2D eigenvalue weighted by Gasteiger charge is 2.16. The predicted octanol–water partition coefficient (Wildman–Crippen LogP) is 5.82. The van der Waals surface area contributed by atoms with Crippen LogP contribution in [0, 0.1) is 27.7 Å². The van der Waals surface area contributed by atoms with Gasteiger partial charge in [-0.15, -0.1) is 0 Å². The average molecular weight is 347 g/mol. The SMILES string of the molecule is CCCNC(C)c1cc(C)nc(Oc2c(C)cc(Cl)cc2C)c1C. The van der Waals surface area contributed by atoms with Crippen molar-refractivity contribution in [3.63, 3.8) is 0 Å². The molecule has 130 valence electrons. The maximum absolute atomic E-state index is 6.20. The third-order valence-electron chi connectivity index (χ3n) is 4.19. The van der Waals surface area contributed by atoms with Crippen molar-refractivity contribution in [2.24, 2.45) is 0 Å². The lowest BCUT2D eigenvalue weighted by atomic mass is 10.0. The quantitative estimate of drug-likeness (QED) is 0.715. The second kappa shape index (κ2) is 8.00. The van der Waals surface area contributed by atoms with Crippen LogP contribution >= 0.6 is 11.6 Å². The van der Waals surface area contributed by atoms with E-state index in [1.807, 2.05) is 32.9 Å². The number of nitrogens with zero attached hydrogens (tertiary/aromatic N) is 1. The predicted molar refractivity (Wildman–Crippen MR) is 101 cm³/mol.